The van der Waals surface area contributed by atoms with Crippen LogP contribution in [0.25, 0.3) is 0 Å². The minimum absolute atomic E-state index is 0.105. The van der Waals surface area contributed by atoms with Gasteiger partial charge in [0.25, 0.3) is 0 Å². The van der Waals surface area contributed by atoms with E-state index in [4.69, 9.17) is 5.11 Å². The second kappa shape index (κ2) is 9.70. The van der Waals surface area contributed by atoms with Crippen LogP contribution in [0, 0.1) is 0 Å². The van der Waals surface area contributed by atoms with Crippen molar-refractivity contribution in [1.82, 2.24) is 10.6 Å². The van der Waals surface area contributed by atoms with Gasteiger partial charge < -0.3 is 15.7 Å². The number of carboxylic acids is 1. The van der Waals surface area contributed by atoms with Crippen LogP contribution in [0.1, 0.15) is 45.1 Å². The Bertz CT molecular complexity index is 553. The Kier molecular flexibility index (Phi) is 7.95. The molecule has 0 heterocycles. The molecule has 1 aromatic carbocycles. The van der Waals surface area contributed by atoms with Crippen molar-refractivity contribution < 1.29 is 19.5 Å². The quantitative estimate of drug-likeness (QED) is 0.609. The highest BCUT2D eigenvalue weighted by molar-refractivity contribution is 5.81. The van der Waals surface area contributed by atoms with Crippen molar-refractivity contribution in [3.05, 3.63) is 35.9 Å². The third-order valence-electron chi connectivity index (χ3n) is 4.13. The predicted octanol–water partition coefficient (Wildman–Crippen LogP) is 1.89. The van der Waals surface area contributed by atoms with Gasteiger partial charge >= 0.3 is 5.97 Å². The number of amides is 2. The van der Waals surface area contributed by atoms with E-state index >= 15 is 0 Å². The summed E-state index contributed by atoms with van der Waals surface area (Å²) >= 11 is 0. The summed E-state index contributed by atoms with van der Waals surface area (Å²) in [5, 5.41) is 14.5. The number of hydrogen-bond acceptors (Lipinski definition) is 3. The number of nitrogens with one attached hydrogen (secondary N) is 2. The van der Waals surface area contributed by atoms with E-state index in [1.54, 1.807) is 0 Å². The fourth-order valence-electron chi connectivity index (χ4n) is 2.53. The number of carboxylic acid groups (broad SMARTS) is 1. The molecule has 6 nitrogen and oxygen atoms in total. The third-order valence-corrected chi connectivity index (χ3v) is 4.13. The molecule has 1 rings (SSSR count). The Hall–Kier alpha value is -2.37. The molecule has 0 unspecified atom stereocenters. The molecule has 0 fully saturated rings. The van der Waals surface area contributed by atoms with E-state index < -0.39 is 11.5 Å². The number of carbonyl (C=O) groups is 3. The average Bonchev–Trinajstić information content (AvgIpc) is 2.54. The largest absolute Gasteiger partial charge is 0.481 e. The Morgan fingerprint density at radius 1 is 1.04 bits per heavy atom. The first-order valence-electron chi connectivity index (χ1n) is 8.24. The molecule has 0 aliphatic heterocycles. The lowest BCUT2D eigenvalue weighted by atomic mass is 9.89. The Balaban J connectivity index is 2.39. The Labute approximate surface area is 142 Å². The Morgan fingerprint density at radius 3 is 2.21 bits per heavy atom. The molecule has 0 atom stereocenters. The first-order chi connectivity index (χ1) is 11.4. The number of benzene rings is 1. The zero-order chi connectivity index (χ0) is 18.0. The van der Waals surface area contributed by atoms with Crippen LogP contribution >= 0.6 is 0 Å². The van der Waals surface area contributed by atoms with Gasteiger partial charge in [0.05, 0.1) is 12.8 Å². The van der Waals surface area contributed by atoms with Crippen LogP contribution in [-0.2, 0) is 20.8 Å². The summed E-state index contributed by atoms with van der Waals surface area (Å²) < 4.78 is 0. The van der Waals surface area contributed by atoms with Crippen molar-refractivity contribution in [3.63, 3.8) is 0 Å². The molecule has 0 aliphatic carbocycles. The zero-order valence-electron chi connectivity index (χ0n) is 14.3. The Morgan fingerprint density at radius 2 is 1.67 bits per heavy atom. The van der Waals surface area contributed by atoms with Crippen LogP contribution in [0.4, 0.5) is 0 Å². The highest BCUT2D eigenvalue weighted by Crippen LogP contribution is 2.19. The lowest BCUT2D eigenvalue weighted by Gasteiger charge is -2.31. The molecule has 6 heteroatoms. The summed E-state index contributed by atoms with van der Waals surface area (Å²) in [7, 11) is 0. The lowest BCUT2D eigenvalue weighted by molar-refractivity contribution is -0.139. The molecule has 0 bridgehead atoms. The molecule has 0 aromatic heterocycles. The van der Waals surface area contributed by atoms with Crippen molar-refractivity contribution in [1.29, 1.82) is 0 Å². The summed E-state index contributed by atoms with van der Waals surface area (Å²) in [5.41, 5.74) is 0.189. The van der Waals surface area contributed by atoms with Crippen LogP contribution in [0.3, 0.4) is 0 Å². The maximum absolute atomic E-state index is 12.0. The van der Waals surface area contributed by atoms with Crippen LogP contribution in [-0.4, -0.2) is 35.0 Å². The van der Waals surface area contributed by atoms with E-state index in [-0.39, 0.29) is 37.6 Å². The smallest absolute Gasteiger partial charge is 0.305 e. The van der Waals surface area contributed by atoms with Gasteiger partial charge in [-0.1, -0.05) is 44.2 Å². The van der Waals surface area contributed by atoms with E-state index in [1.807, 2.05) is 44.2 Å². The molecule has 0 aliphatic rings. The summed E-state index contributed by atoms with van der Waals surface area (Å²) in [6.07, 6.45) is 1.38. The predicted molar refractivity (Wildman–Crippen MR) is 91.5 cm³/mol. The summed E-state index contributed by atoms with van der Waals surface area (Å²) in [4.78, 5) is 34.8. The molecule has 0 radical (unpaired) electrons. The standard InChI is InChI=1S/C18H26N2O4/c1-3-18(4-2,13-17(23)24)20-15(21)10-11-19-16(22)12-14-8-6-5-7-9-14/h5-9H,3-4,10-13H2,1-2H3,(H,19,22)(H,20,21)(H,23,24). The monoisotopic (exact) mass is 334 g/mol. The summed E-state index contributed by atoms with van der Waals surface area (Å²) in [6, 6.07) is 9.36. The highest BCUT2D eigenvalue weighted by Gasteiger charge is 2.30. The average molecular weight is 334 g/mol. The van der Waals surface area contributed by atoms with Crippen molar-refractivity contribution in [3.8, 4) is 0 Å². The van der Waals surface area contributed by atoms with E-state index in [0.29, 0.717) is 12.8 Å². The summed E-state index contributed by atoms with van der Waals surface area (Å²) in [5.74, 6) is -1.33. The van der Waals surface area contributed by atoms with Gasteiger partial charge in [-0.15, -0.1) is 0 Å². The lowest BCUT2D eigenvalue weighted by Crippen LogP contribution is -2.49. The molecule has 0 spiro atoms. The van der Waals surface area contributed by atoms with Gasteiger partial charge in [-0.25, -0.2) is 0 Å². The van der Waals surface area contributed by atoms with Gasteiger partial charge in [-0.3, -0.25) is 14.4 Å². The van der Waals surface area contributed by atoms with Crippen molar-refractivity contribution in [2.45, 2.75) is 51.5 Å². The van der Waals surface area contributed by atoms with Crippen LogP contribution in [0.5, 0.6) is 0 Å². The number of rotatable bonds is 10. The van der Waals surface area contributed by atoms with E-state index in [1.165, 1.54) is 0 Å². The molecule has 1 aromatic rings. The normalized spacial score (nSPS) is 10.9. The van der Waals surface area contributed by atoms with Crippen LogP contribution in [0.15, 0.2) is 30.3 Å². The minimum Gasteiger partial charge on any atom is -0.481 e. The van der Waals surface area contributed by atoms with Gasteiger partial charge in [0.1, 0.15) is 0 Å². The molecular weight excluding hydrogens is 308 g/mol. The van der Waals surface area contributed by atoms with E-state index in [9.17, 15) is 14.4 Å². The number of carbonyl (C=O) groups excluding carboxylic acids is 2. The van der Waals surface area contributed by atoms with Gasteiger partial charge in [-0.2, -0.15) is 0 Å². The molecule has 0 saturated carbocycles. The van der Waals surface area contributed by atoms with E-state index in [0.717, 1.165) is 5.56 Å². The first-order valence-corrected chi connectivity index (χ1v) is 8.24. The molecule has 0 saturated heterocycles. The fraction of sp³-hybridized carbons (Fsp3) is 0.500. The van der Waals surface area contributed by atoms with Crippen LogP contribution < -0.4 is 10.6 Å². The molecule has 132 valence electrons. The first kappa shape index (κ1) is 19.7. The zero-order valence-corrected chi connectivity index (χ0v) is 14.3. The van der Waals surface area contributed by atoms with Crippen molar-refractivity contribution >= 4 is 17.8 Å². The summed E-state index contributed by atoms with van der Waals surface area (Å²) in [6.45, 7) is 3.94. The maximum atomic E-state index is 12.0. The SMILES string of the molecule is CCC(CC)(CC(=O)O)NC(=O)CCNC(=O)Cc1ccccc1. The van der Waals surface area contributed by atoms with Gasteiger partial charge in [-0.05, 0) is 18.4 Å². The second-order valence-electron chi connectivity index (χ2n) is 5.87. The van der Waals surface area contributed by atoms with Gasteiger partial charge in [0.15, 0.2) is 0 Å². The second-order valence-corrected chi connectivity index (χ2v) is 5.87. The third kappa shape index (κ3) is 6.81. The molecule has 2 amide bonds. The van der Waals surface area contributed by atoms with Gasteiger partial charge in [0, 0.05) is 18.5 Å². The molecular formula is C18H26N2O4. The number of aliphatic carboxylic acids is 1. The maximum Gasteiger partial charge on any atom is 0.305 e. The molecule has 3 N–H and O–H groups in total. The fourth-order valence-corrected chi connectivity index (χ4v) is 2.53. The van der Waals surface area contributed by atoms with E-state index in [2.05, 4.69) is 10.6 Å². The van der Waals surface area contributed by atoms with Crippen molar-refractivity contribution in [2.24, 2.45) is 0 Å². The minimum atomic E-state index is -0.935. The van der Waals surface area contributed by atoms with Gasteiger partial charge in [0.2, 0.25) is 11.8 Å². The van der Waals surface area contributed by atoms with Crippen molar-refractivity contribution in [2.75, 3.05) is 6.54 Å². The number of hydrogen-bond donors (Lipinski definition) is 3. The highest BCUT2D eigenvalue weighted by atomic mass is 16.4. The van der Waals surface area contributed by atoms with Crippen LogP contribution in [0.2, 0.25) is 0 Å². The molecule has 24 heavy (non-hydrogen) atoms. The topological polar surface area (TPSA) is 95.5 Å².